The van der Waals surface area contributed by atoms with Gasteiger partial charge in [0.15, 0.2) is 17.5 Å². The second kappa shape index (κ2) is 12.5. The lowest BCUT2D eigenvalue weighted by Crippen LogP contribution is -2.32. The summed E-state index contributed by atoms with van der Waals surface area (Å²) in [6, 6.07) is 66.9. The molecule has 12 rings (SSSR count). The first kappa shape index (κ1) is 33.7. The van der Waals surface area contributed by atoms with E-state index < -0.39 is 5.41 Å². The number of ether oxygens (including phenoxy) is 1. The van der Waals surface area contributed by atoms with E-state index in [1.165, 1.54) is 38.9 Å². The molecule has 8 aromatic carbocycles. The van der Waals surface area contributed by atoms with Crippen LogP contribution in [0.4, 0.5) is 0 Å². The Bertz CT molecular complexity index is 3120. The summed E-state index contributed by atoms with van der Waals surface area (Å²) in [5.74, 6) is 3.70. The molecule has 0 radical (unpaired) electrons. The van der Waals surface area contributed by atoms with Gasteiger partial charge in [0.05, 0.1) is 5.41 Å². The van der Waals surface area contributed by atoms with E-state index in [1.54, 1.807) is 0 Å². The van der Waals surface area contributed by atoms with Gasteiger partial charge in [0.25, 0.3) is 0 Å². The number of rotatable bonds is 4. The molecule has 0 atom stereocenters. The largest absolute Gasteiger partial charge is 0.457 e. The molecule has 0 amide bonds. The van der Waals surface area contributed by atoms with Crippen molar-refractivity contribution in [3.63, 3.8) is 0 Å². The van der Waals surface area contributed by atoms with Gasteiger partial charge >= 0.3 is 0 Å². The third-order valence-electron chi connectivity index (χ3n) is 12.8. The molecule has 0 bridgehead atoms. The van der Waals surface area contributed by atoms with Crippen LogP contribution in [0.5, 0.6) is 11.5 Å². The highest BCUT2D eigenvalue weighted by molar-refractivity contribution is 5.95. The predicted molar refractivity (Wildman–Crippen MR) is 237 cm³/mol. The Balaban J connectivity index is 1.11. The first-order valence-corrected chi connectivity index (χ1v) is 20.3. The van der Waals surface area contributed by atoms with Gasteiger partial charge in [0, 0.05) is 33.2 Å². The SMILES string of the molecule is CC1(C)c2cc3c(cc2-c2c(-c4nc(-c5ccccc5)nc(-c5cccc(-c6ccccc6)c5)n4)cccc21)C1(c2ccccc2O3)c2ccccc2-c2ccccc21. The molecule has 2 heterocycles. The molecule has 0 N–H and O–H groups in total. The monoisotopic (exact) mass is 755 g/mol. The van der Waals surface area contributed by atoms with Crippen LogP contribution in [0.25, 0.3) is 67.5 Å². The van der Waals surface area contributed by atoms with Crippen molar-refractivity contribution < 1.29 is 4.74 Å². The van der Waals surface area contributed by atoms with Gasteiger partial charge in [-0.25, -0.2) is 15.0 Å². The molecule has 4 heteroatoms. The van der Waals surface area contributed by atoms with Crippen molar-refractivity contribution in [2.75, 3.05) is 0 Å². The minimum atomic E-state index is -0.571. The molecule has 3 aliphatic rings. The van der Waals surface area contributed by atoms with Crippen LogP contribution in [0.1, 0.15) is 47.2 Å². The van der Waals surface area contributed by atoms with E-state index in [-0.39, 0.29) is 5.41 Å². The Morgan fingerprint density at radius 2 is 0.864 bits per heavy atom. The minimum Gasteiger partial charge on any atom is -0.457 e. The average Bonchev–Trinajstić information content (AvgIpc) is 3.71. The van der Waals surface area contributed by atoms with Crippen molar-refractivity contribution in [3.8, 4) is 79.0 Å². The zero-order chi connectivity index (χ0) is 39.3. The molecule has 1 aromatic heterocycles. The van der Waals surface area contributed by atoms with E-state index in [2.05, 4.69) is 178 Å². The highest BCUT2D eigenvalue weighted by Gasteiger charge is 2.52. The van der Waals surface area contributed by atoms with Crippen molar-refractivity contribution in [3.05, 3.63) is 221 Å². The first-order valence-electron chi connectivity index (χ1n) is 20.3. The summed E-state index contributed by atoms with van der Waals surface area (Å²) in [5, 5.41) is 0. The highest BCUT2D eigenvalue weighted by Crippen LogP contribution is 2.64. The zero-order valence-electron chi connectivity index (χ0n) is 32.6. The van der Waals surface area contributed by atoms with Crippen LogP contribution in [0.2, 0.25) is 0 Å². The van der Waals surface area contributed by atoms with Crippen molar-refractivity contribution in [2.45, 2.75) is 24.7 Å². The van der Waals surface area contributed by atoms with Crippen molar-refractivity contribution >= 4 is 0 Å². The Labute approximate surface area is 343 Å². The molecule has 9 aromatic rings. The first-order chi connectivity index (χ1) is 29.0. The summed E-state index contributed by atoms with van der Waals surface area (Å²) in [6.45, 7) is 4.65. The van der Waals surface area contributed by atoms with Crippen LogP contribution in [-0.4, -0.2) is 15.0 Å². The molecule has 0 saturated carbocycles. The third-order valence-corrected chi connectivity index (χ3v) is 12.8. The molecule has 0 saturated heterocycles. The number of para-hydroxylation sites is 1. The van der Waals surface area contributed by atoms with Gasteiger partial charge < -0.3 is 4.74 Å². The van der Waals surface area contributed by atoms with Gasteiger partial charge in [-0.05, 0) is 79.9 Å². The quantitative estimate of drug-likeness (QED) is 0.179. The standard InChI is InChI=1S/C55H37N3O/c1-54(2)45-29-16-25-40(53-57-51(35-19-7-4-8-20-35)56-52(58-53)37-22-15-21-36(31-37)34-17-5-3-6-18-34)50(45)41-32-47-49(33-46(41)54)59-48-30-14-13-28-44(48)55(47)42-26-11-9-23-38(42)39-24-10-12-27-43(39)55/h3-33H,1-2H3. The van der Waals surface area contributed by atoms with Gasteiger partial charge in [-0.15, -0.1) is 0 Å². The molecular weight excluding hydrogens is 719 g/mol. The normalized spacial score (nSPS) is 14.3. The van der Waals surface area contributed by atoms with E-state index in [4.69, 9.17) is 19.7 Å². The van der Waals surface area contributed by atoms with Crippen LogP contribution >= 0.6 is 0 Å². The maximum absolute atomic E-state index is 6.96. The Morgan fingerprint density at radius 3 is 1.59 bits per heavy atom. The van der Waals surface area contributed by atoms with E-state index in [1.807, 2.05) is 24.3 Å². The van der Waals surface area contributed by atoms with Gasteiger partial charge in [0.2, 0.25) is 0 Å². The van der Waals surface area contributed by atoms with E-state index in [9.17, 15) is 0 Å². The fourth-order valence-electron chi connectivity index (χ4n) is 10.1. The number of hydrogen-bond donors (Lipinski definition) is 0. The van der Waals surface area contributed by atoms with Crippen LogP contribution in [0.15, 0.2) is 188 Å². The fraction of sp³-hybridized carbons (Fsp3) is 0.0727. The molecule has 4 nitrogen and oxygen atoms in total. The maximum atomic E-state index is 6.96. The molecule has 1 spiro atoms. The second-order valence-corrected chi connectivity index (χ2v) is 16.3. The van der Waals surface area contributed by atoms with E-state index in [0.29, 0.717) is 17.5 Å². The van der Waals surface area contributed by atoms with Gasteiger partial charge in [-0.1, -0.05) is 178 Å². The van der Waals surface area contributed by atoms with Crippen molar-refractivity contribution in [2.24, 2.45) is 0 Å². The Morgan fingerprint density at radius 1 is 0.339 bits per heavy atom. The molecule has 0 unspecified atom stereocenters. The topological polar surface area (TPSA) is 47.9 Å². The summed E-state index contributed by atoms with van der Waals surface area (Å²) in [7, 11) is 0. The lowest BCUT2D eigenvalue weighted by molar-refractivity contribution is 0.435. The lowest BCUT2D eigenvalue weighted by atomic mass is 9.65. The molecule has 1 aliphatic heterocycles. The third kappa shape index (κ3) is 4.80. The summed E-state index contributed by atoms with van der Waals surface area (Å²) >= 11 is 0. The molecular formula is C55H37N3O. The molecule has 278 valence electrons. The zero-order valence-corrected chi connectivity index (χ0v) is 32.6. The number of benzene rings is 8. The van der Waals surface area contributed by atoms with Crippen LogP contribution in [-0.2, 0) is 10.8 Å². The smallest absolute Gasteiger partial charge is 0.164 e. The average molecular weight is 756 g/mol. The van der Waals surface area contributed by atoms with Gasteiger partial charge in [-0.3, -0.25) is 0 Å². The minimum absolute atomic E-state index is 0.323. The molecule has 59 heavy (non-hydrogen) atoms. The summed E-state index contributed by atoms with van der Waals surface area (Å²) in [5.41, 5.74) is 16.4. The highest BCUT2D eigenvalue weighted by atomic mass is 16.5. The number of fused-ring (bicyclic) bond motifs is 12. The fourth-order valence-corrected chi connectivity index (χ4v) is 10.1. The summed E-state index contributed by atoms with van der Waals surface area (Å²) < 4.78 is 6.96. The van der Waals surface area contributed by atoms with E-state index >= 15 is 0 Å². The van der Waals surface area contributed by atoms with Gasteiger partial charge in [0.1, 0.15) is 11.5 Å². The summed E-state index contributed by atoms with van der Waals surface area (Å²) in [6.07, 6.45) is 0. The Hall–Kier alpha value is -7.43. The predicted octanol–water partition coefficient (Wildman–Crippen LogP) is 13.3. The van der Waals surface area contributed by atoms with Crippen LogP contribution < -0.4 is 4.74 Å². The molecule has 2 aliphatic carbocycles. The van der Waals surface area contributed by atoms with Crippen molar-refractivity contribution in [1.82, 2.24) is 15.0 Å². The molecule has 0 fully saturated rings. The number of nitrogens with zero attached hydrogens (tertiary/aromatic N) is 3. The van der Waals surface area contributed by atoms with E-state index in [0.717, 1.165) is 56.0 Å². The van der Waals surface area contributed by atoms with Crippen molar-refractivity contribution in [1.29, 1.82) is 0 Å². The van der Waals surface area contributed by atoms with Crippen LogP contribution in [0, 0.1) is 0 Å². The van der Waals surface area contributed by atoms with Gasteiger partial charge in [-0.2, -0.15) is 0 Å². The number of hydrogen-bond acceptors (Lipinski definition) is 4. The number of aromatic nitrogens is 3. The van der Waals surface area contributed by atoms with Crippen LogP contribution in [0.3, 0.4) is 0 Å². The summed E-state index contributed by atoms with van der Waals surface area (Å²) in [4.78, 5) is 15.7. The second-order valence-electron chi connectivity index (χ2n) is 16.3. The maximum Gasteiger partial charge on any atom is 0.164 e. The Kier molecular flexibility index (Phi) is 7.16. The lowest BCUT2D eigenvalue weighted by Gasteiger charge is -2.40.